The third kappa shape index (κ3) is 8.17. The Balaban J connectivity index is 2.75. The number of amidine groups is 1. The standard InChI is InChI=1S/C28H40N6O4/c1-6-24-25(31-18-36)15-27(32-28-20(4)12-19(3)13-21(28)5)34(9-8-22(16-29)33-30)10-11-38-26(24)14-23(17-35)37-7-2/h6,12-18,33,35H,7-11,29-30H2,1-5H3,(H,31,36)/b22-16-,23-17-,24-6-,25-15-,26-14+,32-27?. The largest absolute Gasteiger partial charge is 0.512 e. The number of aryl methyl sites for hydroxylation is 3. The average molecular weight is 525 g/mol. The van der Waals surface area contributed by atoms with Gasteiger partial charge in [0.2, 0.25) is 6.41 Å². The lowest BCUT2D eigenvalue weighted by Crippen LogP contribution is -2.35. The fraction of sp³-hybridized carbons (Fsp3) is 0.357. The van der Waals surface area contributed by atoms with Crippen LogP contribution in [0.2, 0.25) is 0 Å². The predicted octanol–water partition coefficient (Wildman–Crippen LogP) is 3.52. The number of rotatable bonds is 10. The van der Waals surface area contributed by atoms with E-state index in [1.165, 1.54) is 6.20 Å². The molecule has 0 unspecified atom stereocenters. The number of allylic oxidation sites excluding steroid dienone is 2. The number of aliphatic hydroxyl groups is 1. The van der Waals surface area contributed by atoms with Crippen LogP contribution in [0.3, 0.4) is 0 Å². The topological polar surface area (TPSA) is 147 Å². The first-order valence-corrected chi connectivity index (χ1v) is 12.5. The van der Waals surface area contributed by atoms with Gasteiger partial charge in [-0.1, -0.05) is 23.8 Å². The van der Waals surface area contributed by atoms with Gasteiger partial charge in [-0.15, -0.1) is 0 Å². The van der Waals surface area contributed by atoms with E-state index in [1.807, 2.05) is 44.7 Å². The zero-order valence-corrected chi connectivity index (χ0v) is 22.9. The second-order valence-electron chi connectivity index (χ2n) is 8.63. The highest BCUT2D eigenvalue weighted by atomic mass is 16.5. The summed E-state index contributed by atoms with van der Waals surface area (Å²) in [5, 5.41) is 12.4. The minimum absolute atomic E-state index is 0.231. The summed E-state index contributed by atoms with van der Waals surface area (Å²) in [4.78, 5) is 18.8. The van der Waals surface area contributed by atoms with Crippen molar-refractivity contribution < 1.29 is 19.4 Å². The summed E-state index contributed by atoms with van der Waals surface area (Å²) in [6.45, 7) is 11.4. The second-order valence-corrected chi connectivity index (χ2v) is 8.63. The van der Waals surface area contributed by atoms with E-state index < -0.39 is 0 Å². The molecule has 1 aliphatic heterocycles. The van der Waals surface area contributed by atoms with E-state index in [4.69, 9.17) is 26.0 Å². The van der Waals surface area contributed by atoms with Crippen LogP contribution in [0.25, 0.3) is 0 Å². The number of carbonyl (C=O) groups excluding carboxylic acids is 1. The van der Waals surface area contributed by atoms with E-state index in [2.05, 4.69) is 29.8 Å². The van der Waals surface area contributed by atoms with Gasteiger partial charge in [-0.25, -0.2) is 4.99 Å². The molecule has 10 nitrogen and oxygen atoms in total. The SMILES string of the molecule is C/C=C1C(/NC=O)=C/C(=Nc2c(C)cc(C)cc2C)N(CC/C(=C/N)NN)CCOC/1=C/C(=C/O)OCC. The first-order chi connectivity index (χ1) is 18.3. The Bertz CT molecular complexity index is 1140. The van der Waals surface area contributed by atoms with Crippen LogP contribution in [0, 0.1) is 20.8 Å². The van der Waals surface area contributed by atoms with Crippen LogP contribution in [0.4, 0.5) is 5.69 Å². The van der Waals surface area contributed by atoms with Crippen molar-refractivity contribution in [2.45, 2.75) is 41.0 Å². The third-order valence-corrected chi connectivity index (χ3v) is 5.89. The number of carbonyl (C=O) groups is 1. The molecule has 0 saturated carbocycles. The molecule has 7 N–H and O–H groups in total. The molecule has 0 atom stereocenters. The summed E-state index contributed by atoms with van der Waals surface area (Å²) in [5.74, 6) is 6.90. The van der Waals surface area contributed by atoms with E-state index in [0.29, 0.717) is 67.7 Å². The number of amides is 1. The van der Waals surface area contributed by atoms with Gasteiger partial charge in [-0.3, -0.25) is 10.6 Å². The van der Waals surface area contributed by atoms with E-state index in [9.17, 15) is 9.90 Å². The molecule has 0 aliphatic carbocycles. The molecule has 38 heavy (non-hydrogen) atoms. The maximum Gasteiger partial charge on any atom is 0.211 e. The number of ether oxygens (including phenoxy) is 2. The van der Waals surface area contributed by atoms with Gasteiger partial charge in [0.25, 0.3) is 0 Å². The van der Waals surface area contributed by atoms with Crippen molar-refractivity contribution in [1.29, 1.82) is 0 Å². The summed E-state index contributed by atoms with van der Waals surface area (Å²) in [6, 6.07) is 4.18. The first-order valence-electron chi connectivity index (χ1n) is 12.5. The van der Waals surface area contributed by atoms with Crippen molar-refractivity contribution in [2.75, 3.05) is 26.3 Å². The molecular weight excluding hydrogens is 484 g/mol. The molecule has 0 saturated heterocycles. The minimum Gasteiger partial charge on any atom is -0.512 e. The molecule has 0 aromatic heterocycles. The molecule has 1 heterocycles. The van der Waals surface area contributed by atoms with Crippen LogP contribution in [0.1, 0.15) is 37.0 Å². The summed E-state index contributed by atoms with van der Waals surface area (Å²) in [7, 11) is 0. The molecule has 10 heteroatoms. The maximum atomic E-state index is 11.7. The third-order valence-electron chi connectivity index (χ3n) is 5.89. The van der Waals surface area contributed by atoms with Crippen molar-refractivity contribution in [2.24, 2.45) is 16.6 Å². The Morgan fingerprint density at radius 1 is 1.29 bits per heavy atom. The Kier molecular flexibility index (Phi) is 12.0. The lowest BCUT2D eigenvalue weighted by Gasteiger charge is -2.25. The van der Waals surface area contributed by atoms with Gasteiger partial charge in [0.15, 0.2) is 5.76 Å². The number of nitrogens with one attached hydrogen (secondary N) is 2. The zero-order chi connectivity index (χ0) is 28.1. The lowest BCUT2D eigenvalue weighted by atomic mass is 10.1. The fourth-order valence-electron chi connectivity index (χ4n) is 4.15. The molecule has 206 valence electrons. The van der Waals surface area contributed by atoms with Crippen molar-refractivity contribution in [3.05, 3.63) is 88.0 Å². The van der Waals surface area contributed by atoms with E-state index >= 15 is 0 Å². The number of nitrogens with two attached hydrogens (primary N) is 2. The molecule has 1 amide bonds. The normalized spacial score (nSPS) is 19.8. The van der Waals surface area contributed by atoms with Crippen LogP contribution < -0.4 is 22.3 Å². The Labute approximate surface area is 225 Å². The number of benzene rings is 1. The molecule has 1 aromatic rings. The monoisotopic (exact) mass is 524 g/mol. The molecule has 1 aromatic carbocycles. The van der Waals surface area contributed by atoms with E-state index in [1.54, 1.807) is 6.08 Å². The molecule has 1 aliphatic rings. The molecule has 0 spiro atoms. The summed E-state index contributed by atoms with van der Waals surface area (Å²) in [6.07, 6.45) is 8.67. The smallest absolute Gasteiger partial charge is 0.211 e. The highest BCUT2D eigenvalue weighted by Crippen LogP contribution is 2.28. The Morgan fingerprint density at radius 2 is 2.00 bits per heavy atom. The Hall–Kier alpha value is -4.18. The molecule has 0 bridgehead atoms. The maximum absolute atomic E-state index is 11.7. The van der Waals surface area contributed by atoms with Gasteiger partial charge in [0.05, 0.1) is 24.5 Å². The Morgan fingerprint density at radius 3 is 2.55 bits per heavy atom. The first kappa shape index (κ1) is 30.0. The van der Waals surface area contributed by atoms with Gasteiger partial charge >= 0.3 is 0 Å². The minimum atomic E-state index is 0.231. The zero-order valence-electron chi connectivity index (χ0n) is 22.9. The fourth-order valence-corrected chi connectivity index (χ4v) is 4.15. The summed E-state index contributed by atoms with van der Waals surface area (Å²) >= 11 is 0. The number of hydrogen-bond acceptors (Lipinski definition) is 8. The van der Waals surface area contributed by atoms with Crippen molar-refractivity contribution >= 4 is 17.9 Å². The number of hydrogen-bond donors (Lipinski definition) is 5. The second kappa shape index (κ2) is 15.2. The highest BCUT2D eigenvalue weighted by molar-refractivity contribution is 5.97. The predicted molar refractivity (Wildman–Crippen MR) is 151 cm³/mol. The van der Waals surface area contributed by atoms with E-state index in [0.717, 1.165) is 28.6 Å². The summed E-state index contributed by atoms with van der Waals surface area (Å²) in [5.41, 5.74) is 14.2. The van der Waals surface area contributed by atoms with Crippen LogP contribution in [-0.4, -0.2) is 48.6 Å². The van der Waals surface area contributed by atoms with Gasteiger partial charge in [0, 0.05) is 42.6 Å². The molecule has 2 rings (SSSR count). The van der Waals surface area contributed by atoms with Gasteiger partial charge in [-0.2, -0.15) is 0 Å². The number of nitrogens with zero attached hydrogens (tertiary/aromatic N) is 2. The molecule has 0 fully saturated rings. The van der Waals surface area contributed by atoms with Gasteiger partial charge < -0.3 is 36.0 Å². The van der Waals surface area contributed by atoms with Crippen molar-refractivity contribution in [3.63, 3.8) is 0 Å². The van der Waals surface area contributed by atoms with Crippen molar-refractivity contribution in [1.82, 2.24) is 15.6 Å². The molecule has 0 radical (unpaired) electrons. The van der Waals surface area contributed by atoms with Crippen LogP contribution >= 0.6 is 0 Å². The van der Waals surface area contributed by atoms with Crippen LogP contribution in [-0.2, 0) is 14.3 Å². The average Bonchev–Trinajstić information content (AvgIpc) is 2.94. The van der Waals surface area contributed by atoms with Crippen LogP contribution in [0.15, 0.2) is 76.3 Å². The van der Waals surface area contributed by atoms with Crippen molar-refractivity contribution in [3.8, 4) is 0 Å². The van der Waals surface area contributed by atoms with E-state index in [-0.39, 0.29) is 5.76 Å². The molecular formula is C28H40N6O4. The number of aliphatic imine (C=N–C) groups is 1. The van der Waals surface area contributed by atoms with Gasteiger partial charge in [-0.05, 0) is 45.7 Å². The quantitative estimate of drug-likeness (QED) is 0.135. The lowest BCUT2D eigenvalue weighted by molar-refractivity contribution is -0.108. The van der Waals surface area contributed by atoms with Gasteiger partial charge in [0.1, 0.15) is 24.5 Å². The van der Waals surface area contributed by atoms with Crippen LogP contribution in [0.5, 0.6) is 0 Å². The number of hydrazine groups is 1. The summed E-state index contributed by atoms with van der Waals surface area (Å²) < 4.78 is 11.6. The highest BCUT2D eigenvalue weighted by Gasteiger charge is 2.21. The number of aliphatic hydroxyl groups excluding tert-OH is 1.